The predicted molar refractivity (Wildman–Crippen MR) is 121 cm³/mol. The molecule has 3 aromatic carbocycles. The minimum absolute atomic E-state index is 0.0510. The number of aromatic nitrogens is 1. The molecule has 32 heavy (non-hydrogen) atoms. The molecule has 162 valence electrons. The molecule has 0 aliphatic heterocycles. The molecule has 0 saturated heterocycles. The molecule has 0 saturated carbocycles. The van der Waals surface area contributed by atoms with Crippen molar-refractivity contribution in [2.75, 3.05) is 0 Å². The summed E-state index contributed by atoms with van der Waals surface area (Å²) in [5, 5.41) is 9.16. The Balaban J connectivity index is 1.56. The van der Waals surface area contributed by atoms with Crippen LogP contribution < -0.4 is 4.74 Å². The second kappa shape index (κ2) is 9.94. The van der Waals surface area contributed by atoms with E-state index < -0.39 is 5.97 Å². The maximum atomic E-state index is 11.2. The molecule has 0 amide bonds. The van der Waals surface area contributed by atoms with Gasteiger partial charge in [0.2, 0.25) is 5.89 Å². The molecule has 1 unspecified atom stereocenters. The molecule has 6 heteroatoms. The lowest BCUT2D eigenvalue weighted by Crippen LogP contribution is -2.26. The van der Waals surface area contributed by atoms with E-state index >= 15 is 0 Å². The van der Waals surface area contributed by atoms with Crippen LogP contribution in [0.25, 0.3) is 0 Å². The number of rotatable bonds is 9. The van der Waals surface area contributed by atoms with Crippen LogP contribution in [0, 0.1) is 0 Å². The molecule has 0 bridgehead atoms. The number of carboxylic acid groups (broad SMARTS) is 1. The van der Waals surface area contributed by atoms with E-state index in [1.165, 1.54) is 6.26 Å². The lowest BCUT2D eigenvalue weighted by Gasteiger charge is -2.28. The Morgan fingerprint density at radius 3 is 2.34 bits per heavy atom. The second-order valence-corrected chi connectivity index (χ2v) is 7.49. The normalized spacial score (nSPS) is 11.9. The fourth-order valence-corrected chi connectivity index (χ4v) is 3.49. The van der Waals surface area contributed by atoms with Crippen molar-refractivity contribution in [1.29, 1.82) is 0 Å². The molecule has 1 heterocycles. The molecule has 0 fully saturated rings. The molecule has 4 aromatic rings. The highest BCUT2D eigenvalue weighted by atomic mass is 16.5. The van der Waals surface area contributed by atoms with Crippen molar-refractivity contribution >= 4 is 5.97 Å². The number of hydrogen-bond acceptors (Lipinski definition) is 5. The molecule has 0 aliphatic carbocycles. The Hall–Kier alpha value is -3.90. The Morgan fingerprint density at radius 2 is 1.66 bits per heavy atom. The van der Waals surface area contributed by atoms with Crippen molar-refractivity contribution < 1.29 is 19.1 Å². The number of aromatic carboxylic acids is 1. The van der Waals surface area contributed by atoms with Crippen LogP contribution in [0.15, 0.2) is 95.6 Å². The summed E-state index contributed by atoms with van der Waals surface area (Å²) in [6.45, 7) is 3.08. The van der Waals surface area contributed by atoms with Gasteiger partial charge in [-0.3, -0.25) is 4.90 Å². The lowest BCUT2D eigenvalue weighted by atomic mass is 10.1. The summed E-state index contributed by atoms with van der Waals surface area (Å²) in [7, 11) is 0. The second-order valence-electron chi connectivity index (χ2n) is 7.49. The molecular formula is C26H24N2O4. The fraction of sp³-hybridized carbons (Fsp3) is 0.154. The Bertz CT molecular complexity index is 1160. The maximum Gasteiger partial charge on any atom is 0.357 e. The zero-order valence-electron chi connectivity index (χ0n) is 17.7. The fourth-order valence-electron chi connectivity index (χ4n) is 3.49. The zero-order valence-corrected chi connectivity index (χ0v) is 17.7. The third-order valence-electron chi connectivity index (χ3n) is 5.20. The third kappa shape index (κ3) is 5.42. The van der Waals surface area contributed by atoms with Crippen LogP contribution in [-0.2, 0) is 13.1 Å². The van der Waals surface area contributed by atoms with Crippen LogP contribution in [0.2, 0.25) is 0 Å². The van der Waals surface area contributed by atoms with Gasteiger partial charge >= 0.3 is 5.97 Å². The van der Waals surface area contributed by atoms with Gasteiger partial charge in [-0.15, -0.1) is 0 Å². The average molecular weight is 428 g/mol. The van der Waals surface area contributed by atoms with E-state index in [9.17, 15) is 4.79 Å². The Kier molecular flexibility index (Phi) is 6.63. The first kappa shape index (κ1) is 21.3. The number of para-hydroxylation sites is 1. The number of ether oxygens (including phenoxy) is 1. The molecule has 1 atom stereocenters. The minimum atomic E-state index is -1.10. The zero-order chi connectivity index (χ0) is 22.3. The highest BCUT2D eigenvalue weighted by Crippen LogP contribution is 2.27. The van der Waals surface area contributed by atoms with Gasteiger partial charge in [0.15, 0.2) is 5.69 Å². The molecule has 0 aliphatic rings. The van der Waals surface area contributed by atoms with Crippen LogP contribution in [0.5, 0.6) is 11.5 Å². The van der Waals surface area contributed by atoms with Gasteiger partial charge in [0, 0.05) is 12.6 Å². The predicted octanol–water partition coefficient (Wildman–Crippen LogP) is 5.93. The van der Waals surface area contributed by atoms with Gasteiger partial charge in [0.05, 0.1) is 6.54 Å². The van der Waals surface area contributed by atoms with Crippen molar-refractivity contribution in [3.8, 4) is 11.5 Å². The highest BCUT2D eigenvalue weighted by molar-refractivity contribution is 5.84. The number of carbonyl (C=O) groups is 1. The number of oxazole rings is 1. The van der Waals surface area contributed by atoms with E-state index in [0.29, 0.717) is 19.0 Å². The summed E-state index contributed by atoms with van der Waals surface area (Å²) in [6, 6.07) is 27.8. The van der Waals surface area contributed by atoms with Crippen molar-refractivity contribution in [3.63, 3.8) is 0 Å². The van der Waals surface area contributed by atoms with Crippen molar-refractivity contribution in [3.05, 3.63) is 114 Å². The first-order valence-corrected chi connectivity index (χ1v) is 10.4. The summed E-state index contributed by atoms with van der Waals surface area (Å²) < 4.78 is 11.4. The largest absolute Gasteiger partial charge is 0.476 e. The van der Waals surface area contributed by atoms with E-state index in [2.05, 4.69) is 28.9 Å². The quantitative estimate of drug-likeness (QED) is 0.356. The topological polar surface area (TPSA) is 75.8 Å². The van der Waals surface area contributed by atoms with E-state index in [-0.39, 0.29) is 11.7 Å². The maximum absolute atomic E-state index is 11.2. The number of nitrogens with zero attached hydrogens (tertiary/aromatic N) is 2. The van der Waals surface area contributed by atoms with Gasteiger partial charge < -0.3 is 14.3 Å². The first-order valence-electron chi connectivity index (χ1n) is 10.4. The molecule has 6 nitrogen and oxygen atoms in total. The molecule has 0 radical (unpaired) electrons. The van der Waals surface area contributed by atoms with E-state index in [4.69, 9.17) is 14.3 Å². The lowest BCUT2D eigenvalue weighted by molar-refractivity contribution is 0.0690. The molecule has 4 rings (SSSR count). The van der Waals surface area contributed by atoms with E-state index in [1.54, 1.807) is 0 Å². The van der Waals surface area contributed by atoms with Gasteiger partial charge in [-0.25, -0.2) is 9.78 Å². The summed E-state index contributed by atoms with van der Waals surface area (Å²) in [4.78, 5) is 17.5. The van der Waals surface area contributed by atoms with Crippen LogP contribution in [-0.4, -0.2) is 21.0 Å². The van der Waals surface area contributed by atoms with E-state index in [0.717, 1.165) is 22.6 Å². The SMILES string of the molecule is CC(c1ccccc1)N(Cc1cccc(Oc2ccccc2)c1)Cc1nc(C(=O)O)co1. The van der Waals surface area contributed by atoms with Crippen LogP contribution in [0.4, 0.5) is 0 Å². The Labute approximate surface area is 186 Å². The summed E-state index contributed by atoms with van der Waals surface area (Å²) in [5.74, 6) is 0.792. The minimum Gasteiger partial charge on any atom is -0.476 e. The third-order valence-corrected chi connectivity index (χ3v) is 5.20. The van der Waals surface area contributed by atoms with Crippen molar-refractivity contribution in [1.82, 2.24) is 9.88 Å². The average Bonchev–Trinajstić information content (AvgIpc) is 3.29. The molecule has 0 spiro atoms. The van der Waals surface area contributed by atoms with Gasteiger partial charge in [0.25, 0.3) is 0 Å². The Morgan fingerprint density at radius 1 is 0.969 bits per heavy atom. The highest BCUT2D eigenvalue weighted by Gasteiger charge is 2.20. The monoisotopic (exact) mass is 428 g/mol. The van der Waals surface area contributed by atoms with Crippen LogP contribution in [0.3, 0.4) is 0 Å². The van der Waals surface area contributed by atoms with Gasteiger partial charge in [-0.2, -0.15) is 0 Å². The van der Waals surface area contributed by atoms with Gasteiger partial charge in [0.1, 0.15) is 17.8 Å². The summed E-state index contributed by atoms with van der Waals surface area (Å²) in [5.41, 5.74) is 2.12. The van der Waals surface area contributed by atoms with E-state index in [1.807, 2.05) is 72.8 Å². The molecular weight excluding hydrogens is 404 g/mol. The first-order chi connectivity index (χ1) is 15.6. The van der Waals surface area contributed by atoms with Crippen LogP contribution >= 0.6 is 0 Å². The standard InChI is InChI=1S/C26H24N2O4/c1-19(21-10-4-2-5-11-21)28(17-25-27-24(18-31-25)26(29)30)16-20-9-8-14-23(15-20)32-22-12-6-3-7-13-22/h2-15,18-19H,16-17H2,1H3,(H,29,30). The summed E-state index contributed by atoms with van der Waals surface area (Å²) >= 11 is 0. The number of benzene rings is 3. The summed E-state index contributed by atoms with van der Waals surface area (Å²) in [6.07, 6.45) is 1.18. The van der Waals surface area contributed by atoms with Crippen molar-refractivity contribution in [2.24, 2.45) is 0 Å². The number of hydrogen-bond donors (Lipinski definition) is 1. The molecule has 1 aromatic heterocycles. The number of carboxylic acids is 1. The van der Waals surface area contributed by atoms with Crippen molar-refractivity contribution in [2.45, 2.75) is 26.1 Å². The van der Waals surface area contributed by atoms with Gasteiger partial charge in [-0.05, 0) is 42.3 Å². The molecule has 1 N–H and O–H groups in total. The van der Waals surface area contributed by atoms with Crippen LogP contribution in [0.1, 0.15) is 40.5 Å². The van der Waals surface area contributed by atoms with Gasteiger partial charge in [-0.1, -0.05) is 60.7 Å². The smallest absolute Gasteiger partial charge is 0.357 e.